The summed E-state index contributed by atoms with van der Waals surface area (Å²) in [6.07, 6.45) is 5.52. The monoisotopic (exact) mass is 293 g/mol. The zero-order valence-corrected chi connectivity index (χ0v) is 11.9. The van der Waals surface area contributed by atoms with Crippen molar-refractivity contribution in [2.24, 2.45) is 0 Å². The SMILES string of the molecule is C#CCC(O)C1c2ccccc2Cc2cc([N+](=O)[O-])ccc21. The van der Waals surface area contributed by atoms with Crippen LogP contribution in [0.15, 0.2) is 42.5 Å². The second kappa shape index (κ2) is 5.63. The van der Waals surface area contributed by atoms with Gasteiger partial charge in [0.15, 0.2) is 0 Å². The second-order valence-corrected chi connectivity index (χ2v) is 5.47. The number of terminal acetylenes is 1. The molecule has 0 aliphatic heterocycles. The number of non-ortho nitro benzene ring substituents is 1. The van der Waals surface area contributed by atoms with Crippen LogP contribution in [0.5, 0.6) is 0 Å². The molecular weight excluding hydrogens is 278 g/mol. The molecule has 3 rings (SSSR count). The van der Waals surface area contributed by atoms with Crippen molar-refractivity contribution in [3.05, 3.63) is 74.8 Å². The summed E-state index contributed by atoms with van der Waals surface area (Å²) in [6, 6.07) is 12.7. The lowest BCUT2D eigenvalue weighted by atomic mass is 9.75. The van der Waals surface area contributed by atoms with Crippen LogP contribution in [0.3, 0.4) is 0 Å². The topological polar surface area (TPSA) is 63.4 Å². The fourth-order valence-corrected chi connectivity index (χ4v) is 3.19. The standard InChI is InChI=1S/C18H15NO3/c1-2-5-17(20)18-15-7-4-3-6-12(15)10-13-11-14(19(21)22)8-9-16(13)18/h1,3-4,6-9,11,17-18,20H,5,10H2. The van der Waals surface area contributed by atoms with E-state index in [1.165, 1.54) is 6.07 Å². The maximum atomic E-state index is 11.0. The Labute approximate surface area is 128 Å². The van der Waals surface area contributed by atoms with Crippen LogP contribution in [0.4, 0.5) is 5.69 Å². The third kappa shape index (κ3) is 2.36. The van der Waals surface area contributed by atoms with Crippen LogP contribution in [-0.2, 0) is 6.42 Å². The third-order valence-electron chi connectivity index (χ3n) is 4.16. The number of aliphatic hydroxyl groups is 1. The minimum Gasteiger partial charge on any atom is -0.391 e. The quantitative estimate of drug-likeness (QED) is 0.537. The number of rotatable bonds is 3. The van der Waals surface area contributed by atoms with Gasteiger partial charge in [0.05, 0.1) is 11.0 Å². The normalized spacial score (nSPS) is 17.0. The molecule has 0 spiro atoms. The zero-order chi connectivity index (χ0) is 15.7. The largest absolute Gasteiger partial charge is 0.391 e. The van der Waals surface area contributed by atoms with Crippen molar-refractivity contribution in [2.75, 3.05) is 0 Å². The molecule has 2 unspecified atom stereocenters. The fourth-order valence-electron chi connectivity index (χ4n) is 3.19. The molecule has 2 aromatic carbocycles. The molecule has 1 N–H and O–H groups in total. The molecule has 0 saturated carbocycles. The first-order chi connectivity index (χ1) is 10.6. The Balaban J connectivity index is 2.14. The first-order valence-electron chi connectivity index (χ1n) is 7.08. The first kappa shape index (κ1) is 14.3. The van der Waals surface area contributed by atoms with Crippen molar-refractivity contribution in [3.8, 4) is 12.3 Å². The summed E-state index contributed by atoms with van der Waals surface area (Å²) in [4.78, 5) is 10.6. The number of hydrogen-bond acceptors (Lipinski definition) is 3. The van der Waals surface area contributed by atoms with E-state index in [1.807, 2.05) is 24.3 Å². The molecule has 4 heteroatoms. The molecule has 2 aromatic rings. The van der Waals surface area contributed by atoms with Gasteiger partial charge in [0.25, 0.3) is 5.69 Å². The van der Waals surface area contributed by atoms with E-state index < -0.39 is 11.0 Å². The molecular formula is C18H15NO3. The van der Waals surface area contributed by atoms with Gasteiger partial charge in [-0.1, -0.05) is 30.3 Å². The van der Waals surface area contributed by atoms with Gasteiger partial charge in [0, 0.05) is 24.5 Å². The molecule has 2 atom stereocenters. The Bertz CT molecular complexity index is 776. The van der Waals surface area contributed by atoms with E-state index in [1.54, 1.807) is 12.1 Å². The number of nitro groups is 1. The summed E-state index contributed by atoms with van der Waals surface area (Å²) in [5, 5.41) is 21.4. The van der Waals surface area contributed by atoms with Crippen molar-refractivity contribution in [3.63, 3.8) is 0 Å². The molecule has 1 aliphatic rings. The van der Waals surface area contributed by atoms with Crippen LogP contribution >= 0.6 is 0 Å². The molecule has 0 saturated heterocycles. The highest BCUT2D eigenvalue weighted by Crippen LogP contribution is 2.40. The molecule has 0 radical (unpaired) electrons. The fraction of sp³-hybridized carbons (Fsp3) is 0.222. The van der Waals surface area contributed by atoms with E-state index in [2.05, 4.69) is 5.92 Å². The minimum atomic E-state index is -0.702. The predicted octanol–water partition coefficient (Wildman–Crippen LogP) is 3.02. The van der Waals surface area contributed by atoms with Crippen molar-refractivity contribution in [1.82, 2.24) is 0 Å². The molecule has 22 heavy (non-hydrogen) atoms. The van der Waals surface area contributed by atoms with Crippen LogP contribution in [0.25, 0.3) is 0 Å². The van der Waals surface area contributed by atoms with Crippen molar-refractivity contribution in [2.45, 2.75) is 24.9 Å². The summed E-state index contributed by atoms with van der Waals surface area (Å²) >= 11 is 0. The van der Waals surface area contributed by atoms with E-state index in [9.17, 15) is 15.2 Å². The van der Waals surface area contributed by atoms with Gasteiger partial charge >= 0.3 is 0 Å². The highest BCUT2D eigenvalue weighted by Gasteiger charge is 2.31. The van der Waals surface area contributed by atoms with Crippen LogP contribution < -0.4 is 0 Å². The summed E-state index contributed by atoms with van der Waals surface area (Å²) < 4.78 is 0. The molecule has 0 amide bonds. The Morgan fingerprint density at radius 2 is 2.00 bits per heavy atom. The maximum absolute atomic E-state index is 11.0. The van der Waals surface area contributed by atoms with E-state index in [0.717, 1.165) is 22.3 Å². The maximum Gasteiger partial charge on any atom is 0.269 e. The number of hydrogen-bond donors (Lipinski definition) is 1. The Kier molecular flexibility index (Phi) is 3.66. The van der Waals surface area contributed by atoms with Crippen molar-refractivity contribution in [1.29, 1.82) is 0 Å². The lowest BCUT2D eigenvalue weighted by Gasteiger charge is -2.31. The second-order valence-electron chi connectivity index (χ2n) is 5.47. The summed E-state index contributed by atoms with van der Waals surface area (Å²) in [5.74, 6) is 2.26. The van der Waals surface area contributed by atoms with Gasteiger partial charge in [0.2, 0.25) is 0 Å². The highest BCUT2D eigenvalue weighted by atomic mass is 16.6. The van der Waals surface area contributed by atoms with Crippen LogP contribution in [0, 0.1) is 22.5 Å². The first-order valence-corrected chi connectivity index (χ1v) is 7.08. The summed E-state index contributed by atoms with van der Waals surface area (Å²) in [5.41, 5.74) is 4.01. The molecule has 1 aliphatic carbocycles. The highest BCUT2D eigenvalue weighted by molar-refractivity contribution is 5.53. The number of fused-ring (bicyclic) bond motifs is 2. The van der Waals surface area contributed by atoms with Crippen molar-refractivity contribution < 1.29 is 10.0 Å². The van der Waals surface area contributed by atoms with E-state index in [-0.39, 0.29) is 18.0 Å². The van der Waals surface area contributed by atoms with Gasteiger partial charge in [-0.05, 0) is 28.7 Å². The van der Waals surface area contributed by atoms with Crippen LogP contribution in [-0.4, -0.2) is 16.1 Å². The van der Waals surface area contributed by atoms with E-state index in [0.29, 0.717) is 6.42 Å². The zero-order valence-electron chi connectivity index (χ0n) is 11.9. The predicted molar refractivity (Wildman–Crippen MR) is 83.6 cm³/mol. The van der Waals surface area contributed by atoms with Gasteiger partial charge in [-0.3, -0.25) is 10.1 Å². The molecule has 0 bridgehead atoms. The number of benzene rings is 2. The van der Waals surface area contributed by atoms with Gasteiger partial charge in [-0.2, -0.15) is 0 Å². The smallest absolute Gasteiger partial charge is 0.269 e. The number of nitrogens with zero attached hydrogens (tertiary/aromatic N) is 1. The van der Waals surface area contributed by atoms with Crippen LogP contribution in [0.2, 0.25) is 0 Å². The molecule has 0 aromatic heterocycles. The van der Waals surface area contributed by atoms with Gasteiger partial charge < -0.3 is 5.11 Å². The van der Waals surface area contributed by atoms with Crippen molar-refractivity contribution >= 4 is 5.69 Å². The Morgan fingerprint density at radius 3 is 2.73 bits per heavy atom. The molecule has 0 fully saturated rings. The summed E-state index contributed by atoms with van der Waals surface area (Å²) in [7, 11) is 0. The lowest BCUT2D eigenvalue weighted by molar-refractivity contribution is -0.384. The number of aliphatic hydroxyl groups excluding tert-OH is 1. The van der Waals surface area contributed by atoms with E-state index in [4.69, 9.17) is 6.42 Å². The van der Waals surface area contributed by atoms with Gasteiger partial charge in [-0.25, -0.2) is 0 Å². The average molecular weight is 293 g/mol. The molecule has 4 nitrogen and oxygen atoms in total. The average Bonchev–Trinajstić information content (AvgIpc) is 2.52. The lowest BCUT2D eigenvalue weighted by Crippen LogP contribution is -2.25. The molecule has 0 heterocycles. The van der Waals surface area contributed by atoms with Crippen LogP contribution in [0.1, 0.15) is 34.6 Å². The summed E-state index contributed by atoms with van der Waals surface area (Å²) in [6.45, 7) is 0. The molecule has 110 valence electrons. The third-order valence-corrected chi connectivity index (χ3v) is 4.16. The van der Waals surface area contributed by atoms with E-state index >= 15 is 0 Å². The minimum absolute atomic E-state index is 0.0725. The van der Waals surface area contributed by atoms with Gasteiger partial charge in [0.1, 0.15) is 0 Å². The van der Waals surface area contributed by atoms with Gasteiger partial charge in [-0.15, -0.1) is 12.3 Å². The Morgan fingerprint density at radius 1 is 1.27 bits per heavy atom. The Hall–Kier alpha value is -2.64. The number of nitro benzene ring substituents is 1.